The molecule has 4 heteroatoms. The van der Waals surface area contributed by atoms with E-state index in [0.717, 1.165) is 23.2 Å². The smallest absolute Gasteiger partial charge is 0.0933 e. The second-order valence-electron chi connectivity index (χ2n) is 5.02. The minimum Gasteiger partial charge on any atom is -0.278 e. The molecule has 0 aromatic carbocycles. The lowest BCUT2D eigenvalue weighted by molar-refractivity contribution is 0.135. The molecule has 0 spiro atoms. The molecule has 0 saturated heterocycles. The highest BCUT2D eigenvalue weighted by molar-refractivity contribution is 9.10. The quantitative estimate of drug-likeness (QED) is 0.847. The van der Waals surface area contributed by atoms with Crippen molar-refractivity contribution in [3.8, 4) is 0 Å². The predicted octanol–water partition coefficient (Wildman–Crippen LogP) is 3.01. The molecule has 2 aliphatic rings. The van der Waals surface area contributed by atoms with E-state index >= 15 is 0 Å². The highest BCUT2D eigenvalue weighted by Crippen LogP contribution is 2.34. The maximum absolute atomic E-state index is 4.37. The lowest BCUT2D eigenvalue weighted by Crippen LogP contribution is -2.36. The molecule has 0 radical (unpaired) electrons. The molecule has 0 aliphatic heterocycles. The monoisotopic (exact) mass is 283 g/mol. The summed E-state index contributed by atoms with van der Waals surface area (Å²) in [7, 11) is 0. The van der Waals surface area contributed by atoms with Crippen molar-refractivity contribution in [3.05, 3.63) is 16.9 Å². The summed E-state index contributed by atoms with van der Waals surface area (Å²) >= 11 is 3.46. The van der Waals surface area contributed by atoms with Crippen molar-refractivity contribution in [2.24, 2.45) is 0 Å². The zero-order valence-corrected chi connectivity index (χ0v) is 11.1. The van der Waals surface area contributed by atoms with Crippen molar-refractivity contribution in [1.82, 2.24) is 14.7 Å². The van der Waals surface area contributed by atoms with E-state index in [1.54, 1.807) is 0 Å². The van der Waals surface area contributed by atoms with E-state index in [2.05, 4.69) is 36.8 Å². The summed E-state index contributed by atoms with van der Waals surface area (Å²) in [6.07, 6.45) is 12.3. The molecular formula is C12H18BrN3. The first-order valence-corrected chi connectivity index (χ1v) is 7.06. The standard InChI is InChI=1S/C12H18BrN3/c13-10-7-14-15(8-10)9-16(12-5-6-12)11-3-1-2-4-11/h7-8,11-12H,1-6,9H2. The summed E-state index contributed by atoms with van der Waals surface area (Å²) in [4.78, 5) is 2.67. The van der Waals surface area contributed by atoms with E-state index in [9.17, 15) is 0 Å². The van der Waals surface area contributed by atoms with Crippen LogP contribution < -0.4 is 0 Å². The summed E-state index contributed by atoms with van der Waals surface area (Å²) < 4.78 is 3.13. The predicted molar refractivity (Wildman–Crippen MR) is 67.0 cm³/mol. The largest absolute Gasteiger partial charge is 0.278 e. The molecule has 0 N–H and O–H groups in total. The fourth-order valence-electron chi connectivity index (χ4n) is 2.75. The lowest BCUT2D eigenvalue weighted by Gasteiger charge is -2.28. The zero-order valence-electron chi connectivity index (χ0n) is 9.48. The molecular weight excluding hydrogens is 266 g/mol. The Bertz CT molecular complexity index is 353. The Morgan fingerprint density at radius 2 is 1.94 bits per heavy atom. The molecule has 0 unspecified atom stereocenters. The molecule has 2 fully saturated rings. The van der Waals surface area contributed by atoms with E-state index in [0.29, 0.717) is 0 Å². The third-order valence-corrected chi connectivity index (χ3v) is 4.13. The second-order valence-corrected chi connectivity index (χ2v) is 5.94. The Morgan fingerprint density at radius 1 is 1.25 bits per heavy atom. The fraction of sp³-hybridized carbons (Fsp3) is 0.750. The number of halogens is 1. The van der Waals surface area contributed by atoms with E-state index in [-0.39, 0.29) is 0 Å². The van der Waals surface area contributed by atoms with Gasteiger partial charge in [0, 0.05) is 18.3 Å². The SMILES string of the molecule is Brc1cnn(CN(C2CCCC2)C2CC2)c1. The molecule has 0 bridgehead atoms. The van der Waals surface area contributed by atoms with Crippen LogP contribution in [-0.4, -0.2) is 26.8 Å². The molecule has 3 rings (SSSR count). The third kappa shape index (κ3) is 2.33. The van der Waals surface area contributed by atoms with Gasteiger partial charge in [0.05, 0.1) is 17.3 Å². The van der Waals surface area contributed by atoms with Crippen LogP contribution in [0.1, 0.15) is 38.5 Å². The van der Waals surface area contributed by atoms with Gasteiger partial charge >= 0.3 is 0 Å². The van der Waals surface area contributed by atoms with Crippen LogP contribution in [0.3, 0.4) is 0 Å². The van der Waals surface area contributed by atoms with Gasteiger partial charge in [0.25, 0.3) is 0 Å². The number of hydrogen-bond donors (Lipinski definition) is 0. The summed E-state index contributed by atoms with van der Waals surface area (Å²) in [5, 5.41) is 4.37. The van der Waals surface area contributed by atoms with Gasteiger partial charge in [-0.15, -0.1) is 0 Å². The first kappa shape index (κ1) is 10.8. The lowest BCUT2D eigenvalue weighted by atomic mass is 10.2. The van der Waals surface area contributed by atoms with Gasteiger partial charge in [-0.1, -0.05) is 12.8 Å². The number of aromatic nitrogens is 2. The maximum Gasteiger partial charge on any atom is 0.0933 e. The van der Waals surface area contributed by atoms with Crippen LogP contribution >= 0.6 is 15.9 Å². The van der Waals surface area contributed by atoms with Crippen molar-refractivity contribution in [2.45, 2.75) is 57.3 Å². The van der Waals surface area contributed by atoms with Gasteiger partial charge in [0.1, 0.15) is 0 Å². The second kappa shape index (κ2) is 4.49. The van der Waals surface area contributed by atoms with Crippen LogP contribution in [0.25, 0.3) is 0 Å². The Hall–Kier alpha value is -0.350. The molecule has 2 saturated carbocycles. The highest BCUT2D eigenvalue weighted by atomic mass is 79.9. The fourth-order valence-corrected chi connectivity index (χ4v) is 3.08. The number of hydrogen-bond acceptors (Lipinski definition) is 2. The van der Waals surface area contributed by atoms with E-state index in [1.807, 2.05) is 6.20 Å². The van der Waals surface area contributed by atoms with E-state index in [4.69, 9.17) is 0 Å². The van der Waals surface area contributed by atoms with Crippen LogP contribution in [0.4, 0.5) is 0 Å². The van der Waals surface area contributed by atoms with Gasteiger partial charge in [0.2, 0.25) is 0 Å². The Balaban J connectivity index is 1.68. The minimum atomic E-state index is 0.815. The van der Waals surface area contributed by atoms with Crippen molar-refractivity contribution in [2.75, 3.05) is 0 Å². The molecule has 1 aromatic heterocycles. The normalized spacial score (nSPS) is 22.1. The third-order valence-electron chi connectivity index (χ3n) is 3.72. The maximum atomic E-state index is 4.37. The van der Waals surface area contributed by atoms with Gasteiger partial charge in [-0.3, -0.25) is 9.58 Å². The summed E-state index contributed by atoms with van der Waals surface area (Å²) in [6.45, 7) is 0.973. The molecule has 0 atom stereocenters. The summed E-state index contributed by atoms with van der Waals surface area (Å²) in [5.74, 6) is 0. The van der Waals surface area contributed by atoms with Crippen molar-refractivity contribution in [1.29, 1.82) is 0 Å². The van der Waals surface area contributed by atoms with E-state index < -0.39 is 0 Å². The Labute approximate surface area is 105 Å². The minimum absolute atomic E-state index is 0.815. The van der Waals surface area contributed by atoms with Crippen LogP contribution in [0.15, 0.2) is 16.9 Å². The Morgan fingerprint density at radius 3 is 2.50 bits per heavy atom. The van der Waals surface area contributed by atoms with Gasteiger partial charge in [-0.25, -0.2) is 0 Å². The molecule has 88 valence electrons. The Kier molecular flexibility index (Phi) is 3.03. The number of rotatable bonds is 4. The number of nitrogens with zero attached hydrogens (tertiary/aromatic N) is 3. The van der Waals surface area contributed by atoms with Crippen LogP contribution in [0, 0.1) is 0 Å². The van der Waals surface area contributed by atoms with E-state index in [1.165, 1.54) is 38.5 Å². The molecule has 16 heavy (non-hydrogen) atoms. The average molecular weight is 284 g/mol. The van der Waals surface area contributed by atoms with Crippen LogP contribution in [0.2, 0.25) is 0 Å². The molecule has 3 nitrogen and oxygen atoms in total. The highest BCUT2D eigenvalue weighted by Gasteiger charge is 2.35. The van der Waals surface area contributed by atoms with Gasteiger partial charge < -0.3 is 0 Å². The molecule has 1 heterocycles. The summed E-state index contributed by atoms with van der Waals surface area (Å²) in [5.41, 5.74) is 0. The summed E-state index contributed by atoms with van der Waals surface area (Å²) in [6, 6.07) is 1.65. The molecule has 0 amide bonds. The van der Waals surface area contributed by atoms with Crippen molar-refractivity contribution in [3.63, 3.8) is 0 Å². The molecule has 1 aromatic rings. The van der Waals surface area contributed by atoms with Gasteiger partial charge in [0.15, 0.2) is 0 Å². The van der Waals surface area contributed by atoms with Gasteiger partial charge in [-0.05, 0) is 41.6 Å². The topological polar surface area (TPSA) is 21.1 Å². The first-order valence-electron chi connectivity index (χ1n) is 6.26. The zero-order chi connectivity index (χ0) is 11.0. The van der Waals surface area contributed by atoms with Crippen LogP contribution in [-0.2, 0) is 6.67 Å². The van der Waals surface area contributed by atoms with Crippen molar-refractivity contribution < 1.29 is 0 Å². The van der Waals surface area contributed by atoms with Crippen molar-refractivity contribution >= 4 is 15.9 Å². The average Bonchev–Trinajstić information content (AvgIpc) is 2.80. The molecule has 2 aliphatic carbocycles. The van der Waals surface area contributed by atoms with Gasteiger partial charge in [-0.2, -0.15) is 5.10 Å². The van der Waals surface area contributed by atoms with Crippen LogP contribution in [0.5, 0.6) is 0 Å². The first-order chi connectivity index (χ1) is 7.83.